The number of hydrogen-bond acceptors (Lipinski definition) is 6. The molecule has 6 nitrogen and oxygen atoms in total. The fourth-order valence-corrected chi connectivity index (χ4v) is 12.0. The molecule has 2 aliphatic rings. The van der Waals surface area contributed by atoms with Gasteiger partial charge in [-0.05, 0) is 107 Å². The first kappa shape index (κ1) is 61.1. The molecule has 0 saturated carbocycles. The van der Waals surface area contributed by atoms with Crippen molar-refractivity contribution in [2.45, 2.75) is 119 Å². The molecule has 430 valence electrons. The van der Waals surface area contributed by atoms with E-state index < -0.39 is 0 Å². The Morgan fingerprint density at radius 1 is 0.294 bits per heavy atom. The van der Waals surface area contributed by atoms with Crippen LogP contribution in [0.5, 0.6) is 5.75 Å². The average Bonchev–Trinajstić information content (AvgIpc) is 1.21. The van der Waals surface area contributed by atoms with E-state index in [4.69, 9.17) is 9.98 Å². The minimum Gasteiger partial charge on any atom is -0.871 e. The van der Waals surface area contributed by atoms with Crippen LogP contribution in [0.2, 0.25) is 0 Å². The van der Waals surface area contributed by atoms with Gasteiger partial charge in [0.15, 0.2) is 0 Å². The third-order valence-corrected chi connectivity index (χ3v) is 16.4. The van der Waals surface area contributed by atoms with Crippen LogP contribution in [-0.4, -0.2) is 23.0 Å². The maximum atomic E-state index is 13.4. The van der Waals surface area contributed by atoms with Gasteiger partial charge in [-0.15, -0.1) is 0 Å². The van der Waals surface area contributed by atoms with E-state index in [2.05, 4.69) is 161 Å². The molecule has 85 heavy (non-hydrogen) atoms. The van der Waals surface area contributed by atoms with Crippen molar-refractivity contribution in [3.8, 4) is 28.0 Å². The number of Topliss-reactive ketones (excluding diaryl/α,β-unsaturated/α-hetero) is 2. The Morgan fingerprint density at radius 3 is 0.894 bits per heavy atom. The fraction of sp³-hybridized carbons (Fsp3) is 0.231. The maximum absolute atomic E-state index is 13.4. The number of nitrogens with zero attached hydrogens (tertiary/aromatic N) is 2. The van der Waals surface area contributed by atoms with E-state index in [9.17, 15) is 14.7 Å². The zero-order valence-electron chi connectivity index (χ0n) is 51.0. The van der Waals surface area contributed by atoms with Gasteiger partial charge in [-0.2, -0.15) is 0 Å². The molecule has 0 saturated heterocycles. The number of benzene rings is 10. The monoisotopic (exact) mass is 1160 g/mol. The molecular formula is C78H76FeN3O3-. The average molecular weight is 1160 g/mol. The molecule has 0 fully saturated rings. The quantitative estimate of drug-likeness (QED) is 0.109. The Hall–Kier alpha value is -8.48. The van der Waals surface area contributed by atoms with Crippen LogP contribution >= 0.6 is 0 Å². The minimum absolute atomic E-state index is 0. The van der Waals surface area contributed by atoms with E-state index in [-0.39, 0.29) is 34.4 Å². The van der Waals surface area contributed by atoms with Crippen LogP contribution in [0.25, 0.3) is 43.8 Å². The molecular weight excluding hydrogens is 1080 g/mol. The molecule has 0 amide bonds. The molecule has 12 rings (SSSR count). The van der Waals surface area contributed by atoms with Crippen LogP contribution in [-0.2, 0) is 17.1 Å². The van der Waals surface area contributed by atoms with Gasteiger partial charge in [0.2, 0.25) is 11.6 Å². The fourth-order valence-electron chi connectivity index (χ4n) is 12.0. The van der Waals surface area contributed by atoms with Crippen molar-refractivity contribution in [3.05, 3.63) is 256 Å². The Balaban J connectivity index is 0.000000152. The maximum Gasteiger partial charge on any atom is 0.212 e. The van der Waals surface area contributed by atoms with Gasteiger partial charge in [-0.25, -0.2) is 9.98 Å². The summed E-state index contributed by atoms with van der Waals surface area (Å²) in [4.78, 5) is 36.9. The SMILES string of the molecule is CC(C)c1cccc(C(C)C)c1N=C1C(=O)c2ccccc2-c2ccccc21.CC(C)c1cccc(C(C)C)c1N=C1C(=O)c2ccccc2-c2ccccc21.CC(C)c1cccc(C(C)C)c1Nc1c([O-])c2ccccc2c2ccccc12.[Fe]. The van der Waals surface area contributed by atoms with Gasteiger partial charge in [0.1, 0.15) is 11.4 Å². The second-order valence-electron chi connectivity index (χ2n) is 24.0. The van der Waals surface area contributed by atoms with Crippen molar-refractivity contribution < 1.29 is 31.8 Å². The summed E-state index contributed by atoms with van der Waals surface area (Å²) in [5, 5.41) is 20.9. The molecule has 7 heteroatoms. The van der Waals surface area contributed by atoms with Crippen LogP contribution in [0.1, 0.15) is 184 Å². The molecule has 0 unspecified atom stereocenters. The van der Waals surface area contributed by atoms with Crippen LogP contribution in [0.15, 0.2) is 210 Å². The Kier molecular flexibility index (Phi) is 18.8. The first-order valence-electron chi connectivity index (χ1n) is 29.9. The van der Waals surface area contributed by atoms with Gasteiger partial charge >= 0.3 is 0 Å². The van der Waals surface area contributed by atoms with Gasteiger partial charge in [0.05, 0.1) is 11.4 Å². The standard InChI is InChI=1S/C26H27NO.2C26H25NO.Fe/c3*1-16(2)18-14-9-15-19(17(3)4)24(18)27-25-22-12-7-5-10-20(22)21-11-6-8-13-23(21)26(25)28;/h5-17,27-28H,1-4H3;2*5-17H,1-4H3;/p-1. The van der Waals surface area contributed by atoms with Gasteiger partial charge in [-0.1, -0.05) is 289 Å². The number of rotatable bonds is 10. The molecule has 10 aromatic carbocycles. The Labute approximate surface area is 513 Å². The molecule has 0 aromatic heterocycles. The molecule has 0 bridgehead atoms. The summed E-state index contributed by atoms with van der Waals surface area (Å²) >= 11 is 0. The van der Waals surface area contributed by atoms with E-state index in [1.165, 1.54) is 33.4 Å². The van der Waals surface area contributed by atoms with Crippen LogP contribution in [0.4, 0.5) is 22.7 Å². The van der Waals surface area contributed by atoms with Crippen LogP contribution in [0, 0.1) is 0 Å². The Morgan fingerprint density at radius 2 is 0.553 bits per heavy atom. The normalized spacial score (nSPS) is 13.4. The zero-order chi connectivity index (χ0) is 59.5. The van der Waals surface area contributed by atoms with Gasteiger partial charge in [-0.3, -0.25) is 9.59 Å². The first-order valence-corrected chi connectivity index (χ1v) is 29.9. The topological polar surface area (TPSA) is 94.0 Å². The number of carbonyl (C=O) groups is 2. The van der Waals surface area contributed by atoms with Crippen molar-refractivity contribution in [2.24, 2.45) is 9.98 Å². The smallest absolute Gasteiger partial charge is 0.212 e. The number of fused-ring (bicyclic) bond motifs is 9. The number of nitrogens with one attached hydrogen (secondary N) is 1. The molecule has 2 aliphatic carbocycles. The summed E-state index contributed by atoms with van der Waals surface area (Å²) in [5.74, 6) is 2.12. The van der Waals surface area contributed by atoms with E-state index in [1.807, 2.05) is 127 Å². The summed E-state index contributed by atoms with van der Waals surface area (Å²) in [7, 11) is 0. The number of ketones is 2. The predicted octanol–water partition coefficient (Wildman–Crippen LogP) is 20.9. The summed E-state index contributed by atoms with van der Waals surface area (Å²) in [6, 6.07) is 67.0. The molecule has 0 atom stereocenters. The van der Waals surface area contributed by atoms with Gasteiger partial charge < -0.3 is 10.4 Å². The number of carbonyl (C=O) groups excluding carboxylic acids is 2. The number of hydrogen-bond donors (Lipinski definition) is 1. The third kappa shape index (κ3) is 12.1. The van der Waals surface area contributed by atoms with Crippen LogP contribution in [0.3, 0.4) is 0 Å². The molecule has 1 N–H and O–H groups in total. The van der Waals surface area contributed by atoms with E-state index in [1.54, 1.807) is 0 Å². The predicted molar refractivity (Wildman–Crippen MR) is 353 cm³/mol. The van der Waals surface area contributed by atoms with Crippen molar-refractivity contribution >= 4 is 67.3 Å². The van der Waals surface area contributed by atoms with E-state index >= 15 is 0 Å². The van der Waals surface area contributed by atoms with Crippen LogP contribution < -0.4 is 10.4 Å². The largest absolute Gasteiger partial charge is 0.871 e. The van der Waals surface area contributed by atoms with E-state index in [0.29, 0.717) is 52.6 Å². The number of para-hydroxylation sites is 3. The van der Waals surface area contributed by atoms with Crippen molar-refractivity contribution in [3.63, 3.8) is 0 Å². The molecule has 0 aliphatic heterocycles. The minimum atomic E-state index is 0. The van der Waals surface area contributed by atoms with E-state index in [0.717, 1.165) is 83.1 Å². The molecule has 0 spiro atoms. The van der Waals surface area contributed by atoms with Crippen molar-refractivity contribution in [2.75, 3.05) is 5.32 Å². The number of anilines is 2. The van der Waals surface area contributed by atoms with Crippen molar-refractivity contribution in [1.82, 2.24) is 0 Å². The second-order valence-corrected chi connectivity index (χ2v) is 24.0. The van der Waals surface area contributed by atoms with Gasteiger partial charge in [0.25, 0.3) is 0 Å². The molecule has 10 aromatic rings. The first-order chi connectivity index (χ1) is 40.5. The zero-order valence-corrected chi connectivity index (χ0v) is 52.1. The van der Waals surface area contributed by atoms with Gasteiger partial charge in [0, 0.05) is 56.1 Å². The summed E-state index contributed by atoms with van der Waals surface area (Å²) < 4.78 is 0. The number of aliphatic imine (C=N–C) groups is 2. The summed E-state index contributed by atoms with van der Waals surface area (Å²) in [6.45, 7) is 26.2. The molecule has 0 heterocycles. The molecule has 0 radical (unpaired) electrons. The Bertz CT molecular complexity index is 3940. The van der Waals surface area contributed by atoms with Crippen molar-refractivity contribution in [1.29, 1.82) is 0 Å². The summed E-state index contributed by atoms with van der Waals surface area (Å²) in [6.07, 6.45) is 0. The third-order valence-electron chi connectivity index (χ3n) is 16.4. The summed E-state index contributed by atoms with van der Waals surface area (Å²) in [5.41, 5.74) is 19.4. The second kappa shape index (κ2) is 26.2.